The molecule has 0 bridgehead atoms. The van der Waals surface area contributed by atoms with E-state index in [1.54, 1.807) is 0 Å². The number of unbranched alkanes of at least 4 members (excludes halogenated alkanes) is 2. The van der Waals surface area contributed by atoms with Crippen molar-refractivity contribution in [3.63, 3.8) is 0 Å². The van der Waals surface area contributed by atoms with Crippen LogP contribution in [0.1, 0.15) is 60.3 Å². The molecule has 0 aromatic heterocycles. The molecule has 0 nitrogen and oxygen atoms in total. The summed E-state index contributed by atoms with van der Waals surface area (Å²) >= 11 is 2.09. The van der Waals surface area contributed by atoms with E-state index in [4.69, 9.17) is 0 Å². The molecule has 13 heavy (non-hydrogen) atoms. The highest BCUT2D eigenvalue weighted by molar-refractivity contribution is 7.99. The van der Waals surface area contributed by atoms with Gasteiger partial charge in [0, 0.05) is 0 Å². The molecule has 0 atom stereocenters. The summed E-state index contributed by atoms with van der Waals surface area (Å²) in [4.78, 5) is 0. The highest BCUT2D eigenvalue weighted by atomic mass is 32.2. The first kappa shape index (κ1) is 13.4. The lowest BCUT2D eigenvalue weighted by atomic mass is 9.90. The summed E-state index contributed by atoms with van der Waals surface area (Å²) in [5.41, 5.74) is 0.533. The van der Waals surface area contributed by atoms with E-state index in [0.29, 0.717) is 5.41 Å². The predicted molar refractivity (Wildman–Crippen MR) is 65.5 cm³/mol. The van der Waals surface area contributed by atoms with Crippen molar-refractivity contribution in [3.05, 3.63) is 0 Å². The van der Waals surface area contributed by atoms with Crippen LogP contribution < -0.4 is 0 Å². The molecule has 0 aliphatic heterocycles. The second kappa shape index (κ2) is 6.75. The normalized spacial score (nSPS) is 12.5. The minimum Gasteiger partial charge on any atom is -0.159 e. The molecule has 0 heterocycles. The molecule has 0 saturated heterocycles. The van der Waals surface area contributed by atoms with E-state index in [0.717, 1.165) is 5.25 Å². The maximum Gasteiger partial charge on any atom is -0.000968 e. The maximum atomic E-state index is 2.33. The van der Waals surface area contributed by atoms with Crippen molar-refractivity contribution in [1.82, 2.24) is 0 Å². The number of rotatable bonds is 6. The van der Waals surface area contributed by atoms with E-state index in [2.05, 4.69) is 46.4 Å². The minimum atomic E-state index is 0.533. The first-order valence-electron chi connectivity index (χ1n) is 5.53. The van der Waals surface area contributed by atoms with Crippen LogP contribution in [0.2, 0.25) is 0 Å². The fourth-order valence-corrected chi connectivity index (χ4v) is 2.10. The van der Waals surface area contributed by atoms with Gasteiger partial charge in [-0.2, -0.15) is 11.8 Å². The molecule has 0 radical (unpaired) electrons. The van der Waals surface area contributed by atoms with Gasteiger partial charge >= 0.3 is 0 Å². The molecule has 0 aromatic rings. The quantitative estimate of drug-likeness (QED) is 0.561. The second-order valence-corrected chi connectivity index (χ2v) is 6.98. The van der Waals surface area contributed by atoms with Crippen molar-refractivity contribution in [2.75, 3.05) is 5.75 Å². The standard InChI is InChI=1S/C12H26S/c1-11(2)13-10-8-6-7-9-12(3,4)5/h11H,6-10H2,1-5H3. The SMILES string of the molecule is CC(C)SCCCCCC(C)(C)C. The highest BCUT2D eigenvalue weighted by Crippen LogP contribution is 2.22. The lowest BCUT2D eigenvalue weighted by Gasteiger charge is -2.17. The van der Waals surface area contributed by atoms with Gasteiger partial charge in [0.25, 0.3) is 0 Å². The second-order valence-electron chi connectivity index (χ2n) is 5.29. The summed E-state index contributed by atoms with van der Waals surface area (Å²) < 4.78 is 0. The van der Waals surface area contributed by atoms with Crippen molar-refractivity contribution in [2.45, 2.75) is 65.6 Å². The Morgan fingerprint density at radius 1 is 1.00 bits per heavy atom. The summed E-state index contributed by atoms with van der Waals surface area (Å²) in [5.74, 6) is 1.35. The van der Waals surface area contributed by atoms with E-state index >= 15 is 0 Å². The Balaban J connectivity index is 3.09. The van der Waals surface area contributed by atoms with E-state index in [9.17, 15) is 0 Å². The third kappa shape index (κ3) is 12.4. The van der Waals surface area contributed by atoms with Gasteiger partial charge in [-0.25, -0.2) is 0 Å². The third-order valence-electron chi connectivity index (χ3n) is 2.02. The zero-order valence-corrected chi connectivity index (χ0v) is 10.8. The van der Waals surface area contributed by atoms with Crippen LogP contribution in [0, 0.1) is 5.41 Å². The number of hydrogen-bond acceptors (Lipinski definition) is 1. The van der Waals surface area contributed by atoms with Gasteiger partial charge in [0.05, 0.1) is 0 Å². The Kier molecular flexibility index (Phi) is 6.93. The van der Waals surface area contributed by atoms with Crippen molar-refractivity contribution in [1.29, 1.82) is 0 Å². The molecule has 0 saturated carbocycles. The Hall–Kier alpha value is 0.350. The molecule has 0 amide bonds. The van der Waals surface area contributed by atoms with E-state index in [1.165, 1.54) is 31.4 Å². The Morgan fingerprint density at radius 2 is 1.62 bits per heavy atom. The van der Waals surface area contributed by atoms with Crippen molar-refractivity contribution >= 4 is 11.8 Å². The fraction of sp³-hybridized carbons (Fsp3) is 1.00. The summed E-state index contributed by atoms with van der Waals surface area (Å²) in [5, 5.41) is 0.808. The van der Waals surface area contributed by atoms with Gasteiger partial charge < -0.3 is 0 Å². The lowest BCUT2D eigenvalue weighted by Crippen LogP contribution is -2.04. The van der Waals surface area contributed by atoms with Gasteiger partial charge in [-0.15, -0.1) is 0 Å². The van der Waals surface area contributed by atoms with Gasteiger partial charge in [-0.05, 0) is 29.3 Å². The first-order chi connectivity index (χ1) is 5.92. The summed E-state index contributed by atoms with van der Waals surface area (Å²) in [6, 6.07) is 0. The zero-order valence-electron chi connectivity index (χ0n) is 10.0. The van der Waals surface area contributed by atoms with Gasteiger partial charge in [0.15, 0.2) is 0 Å². The average Bonchev–Trinajstić information content (AvgIpc) is 1.93. The molecular weight excluding hydrogens is 176 g/mol. The molecular formula is C12H26S. The van der Waals surface area contributed by atoms with Crippen molar-refractivity contribution in [3.8, 4) is 0 Å². The summed E-state index contributed by atoms with van der Waals surface area (Å²) in [7, 11) is 0. The van der Waals surface area contributed by atoms with Gasteiger partial charge in [-0.3, -0.25) is 0 Å². The molecule has 0 spiro atoms. The topological polar surface area (TPSA) is 0 Å². The molecule has 80 valence electrons. The summed E-state index contributed by atoms with van der Waals surface area (Å²) in [6.45, 7) is 11.5. The molecule has 0 N–H and O–H groups in total. The Morgan fingerprint density at radius 3 is 2.08 bits per heavy atom. The van der Waals surface area contributed by atoms with Crippen LogP contribution in [-0.4, -0.2) is 11.0 Å². The van der Waals surface area contributed by atoms with Crippen molar-refractivity contribution < 1.29 is 0 Å². The van der Waals surface area contributed by atoms with E-state index < -0.39 is 0 Å². The van der Waals surface area contributed by atoms with E-state index in [-0.39, 0.29) is 0 Å². The highest BCUT2D eigenvalue weighted by Gasteiger charge is 2.08. The fourth-order valence-electron chi connectivity index (χ4n) is 1.25. The van der Waals surface area contributed by atoms with Crippen LogP contribution in [0.5, 0.6) is 0 Å². The zero-order chi connectivity index (χ0) is 10.3. The summed E-state index contributed by atoms with van der Waals surface area (Å²) in [6.07, 6.45) is 5.59. The van der Waals surface area contributed by atoms with E-state index in [1.807, 2.05) is 0 Å². The van der Waals surface area contributed by atoms with Crippen LogP contribution in [0.25, 0.3) is 0 Å². The number of hydrogen-bond donors (Lipinski definition) is 0. The average molecular weight is 202 g/mol. The minimum absolute atomic E-state index is 0.533. The lowest BCUT2D eigenvalue weighted by molar-refractivity contribution is 0.360. The first-order valence-corrected chi connectivity index (χ1v) is 6.58. The van der Waals surface area contributed by atoms with Crippen LogP contribution in [0.15, 0.2) is 0 Å². The largest absolute Gasteiger partial charge is 0.159 e. The van der Waals surface area contributed by atoms with Gasteiger partial charge in [0.1, 0.15) is 0 Å². The van der Waals surface area contributed by atoms with Crippen molar-refractivity contribution in [2.24, 2.45) is 5.41 Å². The number of thioether (sulfide) groups is 1. The van der Waals surface area contributed by atoms with Crippen LogP contribution in [-0.2, 0) is 0 Å². The molecule has 0 fully saturated rings. The molecule has 0 aliphatic rings. The molecule has 0 aliphatic carbocycles. The third-order valence-corrected chi connectivity index (χ3v) is 3.21. The Bertz CT molecular complexity index is 111. The van der Waals surface area contributed by atoms with Gasteiger partial charge in [-0.1, -0.05) is 47.5 Å². The molecule has 0 rings (SSSR count). The van der Waals surface area contributed by atoms with Crippen LogP contribution in [0.4, 0.5) is 0 Å². The molecule has 1 heteroatoms. The predicted octanol–water partition coefficient (Wildman–Crippen LogP) is 4.73. The smallest absolute Gasteiger partial charge is 0.000968 e. The monoisotopic (exact) mass is 202 g/mol. The van der Waals surface area contributed by atoms with Crippen LogP contribution in [0.3, 0.4) is 0 Å². The Labute approximate surface area is 88.9 Å². The van der Waals surface area contributed by atoms with Crippen LogP contribution >= 0.6 is 11.8 Å². The molecule has 0 aromatic carbocycles. The molecule has 0 unspecified atom stereocenters. The van der Waals surface area contributed by atoms with Gasteiger partial charge in [0.2, 0.25) is 0 Å². The maximum absolute atomic E-state index is 2.33.